The fourth-order valence-corrected chi connectivity index (χ4v) is 1.34. The highest BCUT2D eigenvalue weighted by Gasteiger charge is 2.17. The van der Waals surface area contributed by atoms with Gasteiger partial charge in [0.25, 0.3) is 0 Å². The fraction of sp³-hybridized carbons (Fsp3) is 0.500. The van der Waals surface area contributed by atoms with Gasteiger partial charge in [0.1, 0.15) is 12.6 Å². The number of alkyl carbamates (subject to hydrolysis) is 1. The van der Waals surface area contributed by atoms with Crippen LogP contribution in [0.25, 0.3) is 0 Å². The second kappa shape index (κ2) is 7.60. The van der Waals surface area contributed by atoms with E-state index in [1.54, 1.807) is 0 Å². The van der Waals surface area contributed by atoms with Crippen molar-refractivity contribution in [1.82, 2.24) is 5.32 Å². The number of ether oxygens (including phenoxy) is 1. The molecule has 0 aliphatic carbocycles. The number of hydrogen-bond acceptors (Lipinski definition) is 3. The molecule has 0 aliphatic rings. The minimum Gasteiger partial charge on any atom is -0.445 e. The summed E-state index contributed by atoms with van der Waals surface area (Å²) in [7, 11) is 0. The second-order valence-corrected chi connectivity index (χ2v) is 3.54. The maximum Gasteiger partial charge on any atom is 0.408 e. The Hall–Kier alpha value is -0.790. The van der Waals surface area contributed by atoms with Gasteiger partial charge in [-0.05, 0) is 6.42 Å². The first kappa shape index (κ1) is 13.2. The van der Waals surface area contributed by atoms with E-state index in [0.29, 0.717) is 6.42 Å². The van der Waals surface area contributed by atoms with Gasteiger partial charge >= 0.3 is 6.09 Å². The third kappa shape index (κ3) is 5.79. The van der Waals surface area contributed by atoms with Gasteiger partial charge in [0.2, 0.25) is 5.91 Å². The lowest BCUT2D eigenvalue weighted by Gasteiger charge is -2.13. The number of halogens is 1. The molecule has 80 valence electrons. The molecule has 3 N–H and O–H groups in total. The summed E-state index contributed by atoms with van der Waals surface area (Å²) in [6, 6.07) is -0.663. The summed E-state index contributed by atoms with van der Waals surface area (Å²) in [5.74, 6) is -0.558. The predicted molar refractivity (Wildman–Crippen MR) is 61.2 cm³/mol. The van der Waals surface area contributed by atoms with E-state index in [0.717, 1.165) is 4.43 Å². The molecule has 0 saturated carbocycles. The van der Waals surface area contributed by atoms with E-state index in [1.165, 1.54) is 6.08 Å². The van der Waals surface area contributed by atoms with Crippen LogP contribution in [0.4, 0.5) is 4.79 Å². The topological polar surface area (TPSA) is 81.4 Å². The van der Waals surface area contributed by atoms with Gasteiger partial charge in [-0.2, -0.15) is 0 Å². The van der Waals surface area contributed by atoms with Crippen molar-refractivity contribution in [3.63, 3.8) is 0 Å². The van der Waals surface area contributed by atoms with Gasteiger partial charge in [-0.1, -0.05) is 35.2 Å². The maximum atomic E-state index is 11.0. The van der Waals surface area contributed by atoms with Crippen molar-refractivity contribution in [2.45, 2.75) is 12.5 Å². The Labute approximate surface area is 96.2 Å². The molecule has 0 saturated heterocycles. The number of primary amides is 1. The van der Waals surface area contributed by atoms with Crippen molar-refractivity contribution in [2.75, 3.05) is 11.0 Å². The molecule has 0 aromatic rings. The third-order valence-corrected chi connectivity index (χ3v) is 1.99. The Bertz CT molecular complexity index is 221. The quantitative estimate of drug-likeness (QED) is 0.428. The van der Waals surface area contributed by atoms with Crippen LogP contribution in [0.2, 0.25) is 0 Å². The molecule has 0 fully saturated rings. The Morgan fingerprint density at radius 3 is 2.71 bits per heavy atom. The molecule has 0 spiro atoms. The lowest BCUT2D eigenvalue weighted by atomic mass is 10.2. The predicted octanol–water partition coefficient (Wildman–Crippen LogP) is 0.578. The molecule has 2 amide bonds. The average Bonchev–Trinajstić information content (AvgIpc) is 2.14. The summed E-state index contributed by atoms with van der Waals surface area (Å²) < 4.78 is 5.37. The van der Waals surface area contributed by atoms with Crippen LogP contribution >= 0.6 is 22.6 Å². The number of carbonyl (C=O) groups is 2. The summed E-state index contributed by atoms with van der Waals surface area (Å²) >= 11 is 2.10. The molecule has 0 aromatic heterocycles. The molecular formula is C8H13IN2O3. The first-order valence-corrected chi connectivity index (χ1v) is 5.53. The van der Waals surface area contributed by atoms with Gasteiger partial charge in [-0.3, -0.25) is 4.79 Å². The van der Waals surface area contributed by atoms with Gasteiger partial charge in [0.15, 0.2) is 0 Å². The molecule has 5 nitrogen and oxygen atoms in total. The highest BCUT2D eigenvalue weighted by atomic mass is 127. The third-order valence-electron chi connectivity index (χ3n) is 1.37. The van der Waals surface area contributed by atoms with Crippen LogP contribution in [0.3, 0.4) is 0 Å². The molecule has 1 atom stereocenters. The summed E-state index contributed by atoms with van der Waals surface area (Å²) in [5, 5.41) is 2.36. The monoisotopic (exact) mass is 312 g/mol. The molecule has 14 heavy (non-hydrogen) atoms. The van der Waals surface area contributed by atoms with Crippen LogP contribution < -0.4 is 11.1 Å². The minimum absolute atomic E-state index is 0.113. The van der Waals surface area contributed by atoms with Gasteiger partial charge in [-0.25, -0.2) is 4.79 Å². The maximum absolute atomic E-state index is 11.0. The molecule has 0 rings (SSSR count). The smallest absolute Gasteiger partial charge is 0.408 e. The SMILES string of the molecule is C=CCOC(=O)N[C@@H](CCI)C(N)=O. The van der Waals surface area contributed by atoms with Crippen molar-refractivity contribution < 1.29 is 14.3 Å². The fourth-order valence-electron chi connectivity index (χ4n) is 0.713. The van der Waals surface area contributed by atoms with Crippen LogP contribution in [-0.2, 0) is 9.53 Å². The molecule has 0 heterocycles. The van der Waals surface area contributed by atoms with E-state index in [4.69, 9.17) is 5.73 Å². The molecule has 0 unspecified atom stereocenters. The number of amides is 2. The standard InChI is InChI=1S/C8H13IN2O3/c1-2-5-14-8(13)11-6(3-4-9)7(10)12/h2,6H,1,3-5H2,(H2,10,12)(H,11,13)/t6-/m0/s1. The van der Waals surface area contributed by atoms with Crippen LogP contribution in [0.1, 0.15) is 6.42 Å². The molecule has 0 aromatic carbocycles. The average molecular weight is 312 g/mol. The van der Waals surface area contributed by atoms with Crippen LogP contribution in [-0.4, -0.2) is 29.1 Å². The Balaban J connectivity index is 3.95. The normalized spacial score (nSPS) is 11.5. The van der Waals surface area contributed by atoms with Crippen LogP contribution in [0.5, 0.6) is 0 Å². The van der Waals surface area contributed by atoms with E-state index >= 15 is 0 Å². The second-order valence-electron chi connectivity index (χ2n) is 2.46. The number of nitrogens with one attached hydrogen (secondary N) is 1. The van der Waals surface area contributed by atoms with Gasteiger partial charge in [0, 0.05) is 4.43 Å². The van der Waals surface area contributed by atoms with Crippen molar-refractivity contribution in [2.24, 2.45) is 5.73 Å². The minimum atomic E-state index is -0.663. The number of hydrogen-bond donors (Lipinski definition) is 2. The largest absolute Gasteiger partial charge is 0.445 e. The molecule has 6 heteroatoms. The highest BCUT2D eigenvalue weighted by Crippen LogP contribution is 1.96. The number of rotatable bonds is 6. The van der Waals surface area contributed by atoms with E-state index in [9.17, 15) is 9.59 Å². The van der Waals surface area contributed by atoms with Gasteiger partial charge in [-0.15, -0.1) is 0 Å². The van der Waals surface area contributed by atoms with Crippen molar-refractivity contribution in [3.05, 3.63) is 12.7 Å². The molecular weight excluding hydrogens is 299 g/mol. The van der Waals surface area contributed by atoms with E-state index < -0.39 is 18.0 Å². The number of carbonyl (C=O) groups excluding carboxylic acids is 2. The molecule has 0 aliphatic heterocycles. The summed E-state index contributed by atoms with van der Waals surface area (Å²) in [5.41, 5.74) is 5.07. The first-order valence-electron chi connectivity index (χ1n) is 4.01. The number of alkyl halides is 1. The van der Waals surface area contributed by atoms with E-state index in [2.05, 4.69) is 39.2 Å². The van der Waals surface area contributed by atoms with E-state index in [1.807, 2.05) is 0 Å². The van der Waals surface area contributed by atoms with Crippen LogP contribution in [0.15, 0.2) is 12.7 Å². The zero-order chi connectivity index (χ0) is 11.0. The molecule has 0 radical (unpaired) electrons. The molecule has 0 bridgehead atoms. The summed E-state index contributed by atoms with van der Waals surface area (Å²) in [6.45, 7) is 3.50. The lowest BCUT2D eigenvalue weighted by molar-refractivity contribution is -0.119. The number of nitrogens with two attached hydrogens (primary N) is 1. The zero-order valence-corrected chi connectivity index (χ0v) is 9.82. The van der Waals surface area contributed by atoms with Crippen molar-refractivity contribution >= 4 is 34.6 Å². The Morgan fingerprint density at radius 1 is 1.64 bits per heavy atom. The van der Waals surface area contributed by atoms with Crippen LogP contribution in [0, 0.1) is 0 Å². The van der Waals surface area contributed by atoms with Crippen molar-refractivity contribution in [1.29, 1.82) is 0 Å². The van der Waals surface area contributed by atoms with Gasteiger partial charge < -0.3 is 15.8 Å². The Kier molecular flexibility index (Phi) is 7.17. The first-order chi connectivity index (χ1) is 6.61. The lowest BCUT2D eigenvalue weighted by Crippen LogP contribution is -2.44. The Morgan fingerprint density at radius 2 is 2.29 bits per heavy atom. The summed E-state index contributed by atoms with van der Waals surface area (Å²) in [4.78, 5) is 21.8. The zero-order valence-electron chi connectivity index (χ0n) is 7.66. The summed E-state index contributed by atoms with van der Waals surface area (Å²) in [6.07, 6.45) is 1.29. The highest BCUT2D eigenvalue weighted by molar-refractivity contribution is 14.1. The van der Waals surface area contributed by atoms with E-state index in [-0.39, 0.29) is 6.61 Å². The van der Waals surface area contributed by atoms with Crippen molar-refractivity contribution in [3.8, 4) is 0 Å². The van der Waals surface area contributed by atoms with Gasteiger partial charge in [0.05, 0.1) is 0 Å².